The largest absolute Gasteiger partial charge is 0.437 e. The number of hydrogen-bond acceptors (Lipinski definition) is 6. The number of methoxy groups -OCH3 is 1. The van der Waals surface area contributed by atoms with Gasteiger partial charge in [0.25, 0.3) is 0 Å². The molecule has 0 atom stereocenters. The summed E-state index contributed by atoms with van der Waals surface area (Å²) < 4.78 is 10.7. The maximum Gasteiger partial charge on any atom is 0.248 e. The van der Waals surface area contributed by atoms with E-state index in [1.807, 2.05) is 13.0 Å². The molecule has 1 aromatic heterocycles. The molecule has 0 amide bonds. The Kier molecular flexibility index (Phi) is 5.80. The summed E-state index contributed by atoms with van der Waals surface area (Å²) in [5.41, 5.74) is 7.33. The molecule has 0 unspecified atom stereocenters. The number of anilines is 2. The van der Waals surface area contributed by atoms with E-state index in [-0.39, 0.29) is 0 Å². The van der Waals surface area contributed by atoms with Gasteiger partial charge in [-0.15, -0.1) is 0 Å². The minimum Gasteiger partial charge on any atom is -0.437 e. The maximum atomic E-state index is 6.04. The number of nitrogen functional groups attached to an aromatic ring is 1. The average Bonchev–Trinajstić information content (AvgIpc) is 2.51. The highest BCUT2D eigenvalue weighted by Crippen LogP contribution is 2.30. The van der Waals surface area contributed by atoms with Gasteiger partial charge in [-0.25, -0.2) is 4.98 Å². The van der Waals surface area contributed by atoms with E-state index in [4.69, 9.17) is 26.8 Å². The lowest BCUT2D eigenvalue weighted by molar-refractivity contribution is 0.198. The zero-order valence-electron chi connectivity index (χ0n) is 12.6. The minimum atomic E-state index is 0.311. The van der Waals surface area contributed by atoms with Crippen molar-refractivity contribution < 1.29 is 9.47 Å². The number of aryl methyl sites for hydroxylation is 1. The number of nitrogens with two attached hydrogens (primary N) is 1. The number of nitrogens with one attached hydrogen (secondary N) is 1. The Balaban J connectivity index is 2.09. The zero-order valence-corrected chi connectivity index (χ0v) is 13.4. The molecule has 6 nitrogen and oxygen atoms in total. The van der Waals surface area contributed by atoms with Crippen LogP contribution in [0.1, 0.15) is 12.0 Å². The van der Waals surface area contributed by atoms with Crippen LogP contribution in [0.25, 0.3) is 0 Å². The van der Waals surface area contributed by atoms with Gasteiger partial charge in [0.15, 0.2) is 5.82 Å². The van der Waals surface area contributed by atoms with E-state index in [9.17, 15) is 0 Å². The van der Waals surface area contributed by atoms with E-state index in [2.05, 4.69) is 15.3 Å². The molecule has 7 heteroatoms. The fourth-order valence-corrected chi connectivity index (χ4v) is 1.93. The summed E-state index contributed by atoms with van der Waals surface area (Å²) in [4.78, 5) is 8.20. The second kappa shape index (κ2) is 7.82. The molecular formula is C15H19ClN4O2. The van der Waals surface area contributed by atoms with Crippen molar-refractivity contribution >= 4 is 23.1 Å². The fourth-order valence-electron chi connectivity index (χ4n) is 1.82. The van der Waals surface area contributed by atoms with Crippen molar-refractivity contribution in [2.75, 3.05) is 31.3 Å². The first kappa shape index (κ1) is 16.3. The highest BCUT2D eigenvalue weighted by molar-refractivity contribution is 6.31. The van der Waals surface area contributed by atoms with Crippen molar-refractivity contribution in [2.45, 2.75) is 13.3 Å². The van der Waals surface area contributed by atoms with Crippen molar-refractivity contribution in [1.82, 2.24) is 9.97 Å². The Hall–Kier alpha value is -2.05. The van der Waals surface area contributed by atoms with Gasteiger partial charge in [0.1, 0.15) is 17.8 Å². The smallest absolute Gasteiger partial charge is 0.248 e. The minimum absolute atomic E-state index is 0.311. The second-order valence-corrected chi connectivity index (χ2v) is 5.13. The molecule has 0 saturated heterocycles. The van der Waals surface area contributed by atoms with Gasteiger partial charge in [0, 0.05) is 25.3 Å². The Morgan fingerprint density at radius 2 is 2.14 bits per heavy atom. The van der Waals surface area contributed by atoms with Crippen LogP contribution in [0, 0.1) is 6.92 Å². The van der Waals surface area contributed by atoms with Gasteiger partial charge < -0.3 is 20.5 Å². The molecule has 1 aromatic carbocycles. The van der Waals surface area contributed by atoms with Crippen molar-refractivity contribution in [1.29, 1.82) is 0 Å². The molecule has 0 spiro atoms. The van der Waals surface area contributed by atoms with Crippen LogP contribution in [-0.2, 0) is 4.74 Å². The molecule has 0 saturated carbocycles. The van der Waals surface area contributed by atoms with Crippen LogP contribution >= 0.6 is 11.6 Å². The first-order chi connectivity index (χ1) is 10.6. The molecule has 2 aromatic rings. The molecule has 0 aliphatic rings. The predicted molar refractivity (Wildman–Crippen MR) is 87.7 cm³/mol. The molecule has 118 valence electrons. The van der Waals surface area contributed by atoms with Crippen molar-refractivity contribution in [2.24, 2.45) is 0 Å². The van der Waals surface area contributed by atoms with Gasteiger partial charge in [-0.05, 0) is 37.1 Å². The average molecular weight is 323 g/mol. The lowest BCUT2D eigenvalue weighted by Gasteiger charge is -2.12. The van der Waals surface area contributed by atoms with Gasteiger partial charge in [-0.1, -0.05) is 11.6 Å². The van der Waals surface area contributed by atoms with Crippen LogP contribution < -0.4 is 15.8 Å². The summed E-state index contributed by atoms with van der Waals surface area (Å²) in [6.07, 6.45) is 2.26. The molecule has 2 rings (SSSR count). The molecule has 3 N–H and O–H groups in total. The van der Waals surface area contributed by atoms with Crippen molar-refractivity contribution in [3.8, 4) is 11.6 Å². The van der Waals surface area contributed by atoms with Gasteiger partial charge in [-0.2, -0.15) is 4.98 Å². The van der Waals surface area contributed by atoms with Gasteiger partial charge in [0.2, 0.25) is 5.88 Å². The third-order valence-corrected chi connectivity index (χ3v) is 3.43. The molecule has 0 aliphatic heterocycles. The summed E-state index contributed by atoms with van der Waals surface area (Å²) in [5, 5.41) is 3.82. The number of aromatic nitrogens is 2. The number of ether oxygens (including phenoxy) is 2. The molecule has 0 fully saturated rings. The topological polar surface area (TPSA) is 82.3 Å². The van der Waals surface area contributed by atoms with E-state index in [1.165, 1.54) is 6.33 Å². The number of hydrogen-bond donors (Lipinski definition) is 2. The van der Waals surface area contributed by atoms with Crippen molar-refractivity contribution in [3.05, 3.63) is 35.1 Å². The quantitative estimate of drug-likeness (QED) is 0.761. The Morgan fingerprint density at radius 1 is 1.32 bits per heavy atom. The summed E-state index contributed by atoms with van der Waals surface area (Å²) >= 11 is 6.00. The normalized spacial score (nSPS) is 10.5. The number of nitrogens with zero attached hydrogens (tertiary/aromatic N) is 2. The molecule has 22 heavy (non-hydrogen) atoms. The lowest BCUT2D eigenvalue weighted by atomic mass is 10.2. The first-order valence-electron chi connectivity index (χ1n) is 6.89. The van der Waals surface area contributed by atoms with Gasteiger partial charge >= 0.3 is 0 Å². The highest BCUT2D eigenvalue weighted by atomic mass is 35.5. The lowest BCUT2D eigenvalue weighted by Crippen LogP contribution is -2.09. The number of rotatable bonds is 7. The van der Waals surface area contributed by atoms with Crippen LogP contribution in [0.3, 0.4) is 0 Å². The summed E-state index contributed by atoms with van der Waals surface area (Å²) in [7, 11) is 1.67. The maximum absolute atomic E-state index is 6.04. The number of benzene rings is 1. The van der Waals surface area contributed by atoms with E-state index in [1.54, 1.807) is 19.2 Å². The second-order valence-electron chi connectivity index (χ2n) is 4.73. The molecule has 0 aliphatic carbocycles. The number of halogens is 1. The van der Waals surface area contributed by atoms with Crippen molar-refractivity contribution in [3.63, 3.8) is 0 Å². The van der Waals surface area contributed by atoms with E-state index < -0.39 is 0 Å². The molecule has 1 heterocycles. The van der Waals surface area contributed by atoms with E-state index >= 15 is 0 Å². The Morgan fingerprint density at radius 3 is 2.86 bits per heavy atom. The third-order valence-electron chi connectivity index (χ3n) is 3.01. The monoisotopic (exact) mass is 322 g/mol. The van der Waals surface area contributed by atoms with Crippen LogP contribution in [0.15, 0.2) is 24.5 Å². The Labute approximate surface area is 134 Å². The summed E-state index contributed by atoms with van der Waals surface area (Å²) in [5.74, 6) is 1.48. The van der Waals surface area contributed by atoms with E-state index in [0.717, 1.165) is 12.0 Å². The third kappa shape index (κ3) is 4.22. The highest BCUT2D eigenvalue weighted by Gasteiger charge is 2.10. The fraction of sp³-hybridized carbons (Fsp3) is 0.333. The predicted octanol–water partition coefficient (Wildman–Crippen LogP) is 3.26. The Bertz CT molecular complexity index is 637. The first-order valence-corrected chi connectivity index (χ1v) is 7.27. The molecule has 0 radical (unpaired) electrons. The van der Waals surface area contributed by atoms with Crippen LogP contribution in [0.4, 0.5) is 11.5 Å². The molecular weight excluding hydrogens is 304 g/mol. The summed E-state index contributed by atoms with van der Waals surface area (Å²) in [6.45, 7) is 3.28. The molecule has 0 bridgehead atoms. The zero-order chi connectivity index (χ0) is 15.9. The van der Waals surface area contributed by atoms with Gasteiger partial charge in [0.05, 0.1) is 0 Å². The standard InChI is InChI=1S/C15H19ClN4O2/c1-10-8-11(4-5-12(10)16)22-15-13(17)14(19-9-20-15)18-6-3-7-21-2/h4-5,8-9H,3,6-7,17H2,1-2H3,(H,18,19,20). The van der Waals surface area contributed by atoms with Gasteiger partial charge in [-0.3, -0.25) is 0 Å². The SMILES string of the molecule is COCCCNc1ncnc(Oc2ccc(Cl)c(C)c2)c1N. The van der Waals surface area contributed by atoms with Crippen LogP contribution in [-0.4, -0.2) is 30.2 Å². The van der Waals surface area contributed by atoms with Crippen LogP contribution in [0.2, 0.25) is 5.02 Å². The van der Waals surface area contributed by atoms with E-state index in [0.29, 0.717) is 41.3 Å². The van der Waals surface area contributed by atoms with Crippen LogP contribution in [0.5, 0.6) is 11.6 Å². The summed E-state index contributed by atoms with van der Waals surface area (Å²) in [6, 6.07) is 5.37.